The molecule has 1 N–H and O–H groups in total. The average Bonchev–Trinajstić information content (AvgIpc) is 3.06. The van der Waals surface area contributed by atoms with Gasteiger partial charge in [-0.05, 0) is 11.3 Å². The van der Waals surface area contributed by atoms with Gasteiger partial charge in [0.1, 0.15) is 12.1 Å². The van der Waals surface area contributed by atoms with Crippen molar-refractivity contribution >= 4 is 35.5 Å². The first kappa shape index (κ1) is 20.0. The van der Waals surface area contributed by atoms with Gasteiger partial charge in [-0.3, -0.25) is 19.4 Å². The lowest BCUT2D eigenvalue weighted by Crippen LogP contribution is -2.66. The molecule has 0 radical (unpaired) electrons. The summed E-state index contributed by atoms with van der Waals surface area (Å²) in [7, 11) is 0. The summed E-state index contributed by atoms with van der Waals surface area (Å²) < 4.78 is 0. The molecule has 142 valence electrons. The van der Waals surface area contributed by atoms with Gasteiger partial charge in [0.15, 0.2) is 11.3 Å². The topological polar surface area (TPSA) is 108 Å². The van der Waals surface area contributed by atoms with Crippen LogP contribution in [-0.4, -0.2) is 56.2 Å². The van der Waals surface area contributed by atoms with Crippen LogP contribution in [0.1, 0.15) is 50.1 Å². The minimum absolute atomic E-state index is 0.0869. The van der Waals surface area contributed by atoms with Gasteiger partial charge in [-0.2, -0.15) is 0 Å². The van der Waals surface area contributed by atoms with Crippen molar-refractivity contribution in [3.63, 3.8) is 0 Å². The van der Waals surface area contributed by atoms with Crippen molar-refractivity contribution in [2.75, 3.05) is 6.54 Å². The predicted octanol–water partition coefficient (Wildman–Crippen LogP) is 2.25. The zero-order valence-corrected chi connectivity index (χ0v) is 16.3. The second kappa shape index (κ2) is 6.79. The summed E-state index contributed by atoms with van der Waals surface area (Å²) in [6, 6.07) is -0.651. The molecule has 0 spiro atoms. The molecule has 1 aromatic rings. The van der Waals surface area contributed by atoms with Gasteiger partial charge in [-0.1, -0.05) is 34.6 Å². The van der Waals surface area contributed by atoms with Crippen LogP contribution in [0.4, 0.5) is 4.79 Å². The van der Waals surface area contributed by atoms with Crippen molar-refractivity contribution in [1.82, 2.24) is 14.8 Å². The van der Waals surface area contributed by atoms with Gasteiger partial charge in [0.25, 0.3) is 5.91 Å². The Kier molecular flexibility index (Phi) is 5.23. The molecule has 1 aliphatic rings. The standard InChI is InChI=1S/C17H23N3O5S/c1-10(2)17(14(23)24,16(3,4)5)20-7-13(22)19(15(20)25)6-11-9-26-12(8-21)18-11/h8-10H,6-7H2,1-5H3,(H,23,24). The highest BCUT2D eigenvalue weighted by molar-refractivity contribution is 7.11. The summed E-state index contributed by atoms with van der Waals surface area (Å²) in [5.41, 5.74) is -1.92. The van der Waals surface area contributed by atoms with E-state index in [1.165, 1.54) is 0 Å². The fourth-order valence-electron chi connectivity index (χ4n) is 3.85. The summed E-state index contributed by atoms with van der Waals surface area (Å²) in [6.07, 6.45) is 0.599. The van der Waals surface area contributed by atoms with Crippen molar-refractivity contribution in [2.45, 2.75) is 46.7 Å². The van der Waals surface area contributed by atoms with E-state index in [9.17, 15) is 24.3 Å². The monoisotopic (exact) mass is 381 g/mol. The van der Waals surface area contributed by atoms with Gasteiger partial charge < -0.3 is 5.11 Å². The second-order valence-corrected chi connectivity index (χ2v) is 8.51. The molecule has 9 heteroatoms. The van der Waals surface area contributed by atoms with Crippen LogP contribution in [0.3, 0.4) is 0 Å². The van der Waals surface area contributed by atoms with E-state index in [1.54, 1.807) is 40.0 Å². The highest BCUT2D eigenvalue weighted by Crippen LogP contribution is 2.44. The molecule has 0 aliphatic carbocycles. The maximum absolute atomic E-state index is 13.0. The third kappa shape index (κ3) is 3.00. The zero-order chi connectivity index (χ0) is 19.9. The number of hydrogen-bond donors (Lipinski definition) is 1. The SMILES string of the molecule is CC(C)C(C(=O)O)(N1CC(=O)N(Cc2csc(C=O)n2)C1=O)C(C)(C)C. The van der Waals surface area contributed by atoms with Crippen LogP contribution in [0, 0.1) is 11.3 Å². The van der Waals surface area contributed by atoms with Gasteiger partial charge in [-0.25, -0.2) is 14.6 Å². The smallest absolute Gasteiger partial charge is 0.330 e. The van der Waals surface area contributed by atoms with Crippen LogP contribution in [0.5, 0.6) is 0 Å². The number of hydrogen-bond acceptors (Lipinski definition) is 6. The summed E-state index contributed by atoms with van der Waals surface area (Å²) in [4.78, 5) is 54.7. The Labute approximate surface area is 155 Å². The number of carboxylic acid groups (broad SMARTS) is 1. The number of carboxylic acids is 1. The Balaban J connectivity index is 2.41. The first-order chi connectivity index (χ1) is 12.0. The van der Waals surface area contributed by atoms with E-state index in [4.69, 9.17) is 0 Å². The maximum Gasteiger partial charge on any atom is 0.330 e. The lowest BCUT2D eigenvalue weighted by Gasteiger charge is -2.49. The fraction of sp³-hybridized carbons (Fsp3) is 0.588. The van der Waals surface area contributed by atoms with Crippen LogP contribution in [-0.2, 0) is 16.1 Å². The van der Waals surface area contributed by atoms with E-state index in [2.05, 4.69) is 4.98 Å². The Bertz CT molecular complexity index is 752. The number of carbonyl (C=O) groups is 4. The van der Waals surface area contributed by atoms with E-state index in [1.807, 2.05) is 0 Å². The number of aldehydes is 1. The van der Waals surface area contributed by atoms with Crippen LogP contribution < -0.4 is 0 Å². The molecule has 26 heavy (non-hydrogen) atoms. The van der Waals surface area contributed by atoms with E-state index >= 15 is 0 Å². The molecule has 1 fully saturated rings. The molecular formula is C17H23N3O5S. The minimum Gasteiger partial charge on any atom is -0.479 e. The first-order valence-electron chi connectivity index (χ1n) is 8.21. The highest BCUT2D eigenvalue weighted by Gasteiger charge is 2.60. The fourth-order valence-corrected chi connectivity index (χ4v) is 4.46. The van der Waals surface area contributed by atoms with Crippen molar-refractivity contribution in [3.05, 3.63) is 16.1 Å². The van der Waals surface area contributed by atoms with Crippen LogP contribution >= 0.6 is 11.3 Å². The molecule has 1 aliphatic heterocycles. The lowest BCUT2D eigenvalue weighted by atomic mass is 9.66. The highest BCUT2D eigenvalue weighted by atomic mass is 32.1. The third-order valence-electron chi connectivity index (χ3n) is 4.78. The van der Waals surface area contributed by atoms with Gasteiger partial charge in [0.2, 0.25) is 0 Å². The predicted molar refractivity (Wildman–Crippen MR) is 94.8 cm³/mol. The Hall–Kier alpha value is -2.29. The van der Waals surface area contributed by atoms with Crippen LogP contribution in [0.15, 0.2) is 5.38 Å². The number of aromatic nitrogens is 1. The summed E-state index contributed by atoms with van der Waals surface area (Å²) >= 11 is 1.12. The summed E-state index contributed by atoms with van der Waals surface area (Å²) in [5.74, 6) is -2.04. The van der Waals surface area contributed by atoms with Gasteiger partial charge >= 0.3 is 12.0 Å². The summed E-state index contributed by atoms with van der Waals surface area (Å²) in [5, 5.41) is 11.9. The van der Waals surface area contributed by atoms with Gasteiger partial charge in [-0.15, -0.1) is 11.3 Å². The normalized spacial score (nSPS) is 17.8. The molecule has 2 heterocycles. The van der Waals surface area contributed by atoms with Crippen molar-refractivity contribution in [1.29, 1.82) is 0 Å². The Morgan fingerprint density at radius 3 is 2.42 bits per heavy atom. The Morgan fingerprint density at radius 2 is 2.00 bits per heavy atom. The number of aliphatic carboxylic acids is 1. The first-order valence-corrected chi connectivity index (χ1v) is 9.09. The number of imide groups is 1. The van der Waals surface area contributed by atoms with Crippen LogP contribution in [0.25, 0.3) is 0 Å². The number of rotatable bonds is 6. The lowest BCUT2D eigenvalue weighted by molar-refractivity contribution is -0.161. The van der Waals surface area contributed by atoms with E-state index < -0.39 is 34.8 Å². The van der Waals surface area contributed by atoms with E-state index in [0.717, 1.165) is 21.1 Å². The van der Waals surface area contributed by atoms with Gasteiger partial charge in [0.05, 0.1) is 12.2 Å². The number of carbonyl (C=O) groups excluding carboxylic acids is 3. The van der Waals surface area contributed by atoms with Crippen LogP contribution in [0.2, 0.25) is 0 Å². The van der Waals surface area contributed by atoms with Gasteiger partial charge in [0, 0.05) is 5.38 Å². The largest absolute Gasteiger partial charge is 0.479 e. The molecular weight excluding hydrogens is 358 g/mol. The zero-order valence-electron chi connectivity index (χ0n) is 15.5. The molecule has 8 nitrogen and oxygen atoms in total. The molecule has 0 aromatic carbocycles. The average molecular weight is 381 g/mol. The second-order valence-electron chi connectivity index (χ2n) is 7.62. The van der Waals surface area contributed by atoms with E-state index in [0.29, 0.717) is 12.0 Å². The molecule has 1 unspecified atom stereocenters. The summed E-state index contributed by atoms with van der Waals surface area (Å²) in [6.45, 7) is 8.32. The van der Waals surface area contributed by atoms with Crippen molar-refractivity contribution in [2.24, 2.45) is 11.3 Å². The quantitative estimate of drug-likeness (QED) is 0.598. The van der Waals surface area contributed by atoms with E-state index in [-0.39, 0.29) is 18.1 Å². The maximum atomic E-state index is 13.0. The molecule has 3 amide bonds. The number of nitrogens with zero attached hydrogens (tertiary/aromatic N) is 3. The molecule has 2 rings (SSSR count). The molecule has 0 bridgehead atoms. The molecule has 1 atom stereocenters. The third-order valence-corrected chi connectivity index (χ3v) is 5.60. The number of urea groups is 1. The van der Waals surface area contributed by atoms with Crippen molar-refractivity contribution < 1.29 is 24.3 Å². The van der Waals surface area contributed by atoms with Crippen molar-refractivity contribution in [3.8, 4) is 0 Å². The minimum atomic E-state index is -1.54. The molecule has 1 aromatic heterocycles. The number of thiazole rings is 1. The molecule has 1 saturated heterocycles. The number of amides is 3. The Morgan fingerprint density at radius 1 is 1.38 bits per heavy atom. The molecule has 0 saturated carbocycles.